The SMILES string of the molecule is CN=C(NCC(=O)N(C)CC(F)(F)F)N1CCN(CC(=O)N2CC(C)CC(C)C2)CC1. The highest BCUT2D eigenvalue weighted by molar-refractivity contribution is 5.86. The molecule has 178 valence electrons. The van der Waals surface area contributed by atoms with Crippen LogP contribution in [0.5, 0.6) is 0 Å². The van der Waals surface area contributed by atoms with Gasteiger partial charge in [-0.1, -0.05) is 13.8 Å². The van der Waals surface area contributed by atoms with E-state index in [0.717, 1.165) is 26.6 Å². The fourth-order valence-electron chi connectivity index (χ4n) is 4.25. The van der Waals surface area contributed by atoms with Crippen molar-refractivity contribution in [1.29, 1.82) is 0 Å². The molecular weight excluding hydrogens is 413 g/mol. The zero-order valence-corrected chi connectivity index (χ0v) is 18.9. The van der Waals surface area contributed by atoms with Gasteiger partial charge in [-0.2, -0.15) is 13.2 Å². The normalized spacial score (nSPS) is 23.6. The number of carbonyl (C=O) groups excluding carboxylic acids is 2. The Labute approximate surface area is 182 Å². The second kappa shape index (κ2) is 11.0. The monoisotopic (exact) mass is 448 g/mol. The smallest absolute Gasteiger partial charge is 0.347 e. The van der Waals surface area contributed by atoms with Crippen LogP contribution < -0.4 is 5.32 Å². The molecule has 2 atom stereocenters. The van der Waals surface area contributed by atoms with Crippen molar-refractivity contribution in [2.75, 3.05) is 73.0 Å². The molecule has 2 aliphatic rings. The van der Waals surface area contributed by atoms with Crippen molar-refractivity contribution in [3.8, 4) is 0 Å². The zero-order chi connectivity index (χ0) is 23.2. The predicted molar refractivity (Wildman–Crippen MR) is 113 cm³/mol. The van der Waals surface area contributed by atoms with E-state index in [0.29, 0.717) is 55.4 Å². The van der Waals surface area contributed by atoms with Gasteiger partial charge in [0, 0.05) is 53.4 Å². The molecule has 2 aliphatic heterocycles. The van der Waals surface area contributed by atoms with Gasteiger partial charge in [-0.25, -0.2) is 0 Å². The van der Waals surface area contributed by atoms with E-state index >= 15 is 0 Å². The minimum atomic E-state index is -4.43. The Kier molecular flexibility index (Phi) is 8.96. The van der Waals surface area contributed by atoms with Crippen molar-refractivity contribution < 1.29 is 22.8 Å². The first-order chi connectivity index (χ1) is 14.5. The Hall–Kier alpha value is -2.04. The van der Waals surface area contributed by atoms with E-state index in [4.69, 9.17) is 0 Å². The summed E-state index contributed by atoms with van der Waals surface area (Å²) >= 11 is 0. The molecule has 1 N–H and O–H groups in total. The summed E-state index contributed by atoms with van der Waals surface area (Å²) in [4.78, 5) is 35.4. The molecule has 0 bridgehead atoms. The molecule has 11 heteroatoms. The van der Waals surface area contributed by atoms with E-state index in [1.54, 1.807) is 7.05 Å². The summed E-state index contributed by atoms with van der Waals surface area (Å²) in [5.41, 5.74) is 0. The number of likely N-dealkylation sites (N-methyl/N-ethyl adjacent to an activating group) is 1. The van der Waals surface area contributed by atoms with Crippen molar-refractivity contribution >= 4 is 17.8 Å². The number of likely N-dealkylation sites (tertiary alicyclic amines) is 1. The minimum absolute atomic E-state index is 0.160. The second-order valence-electron chi connectivity index (χ2n) is 8.77. The highest BCUT2D eigenvalue weighted by Crippen LogP contribution is 2.21. The number of rotatable bonds is 5. The fraction of sp³-hybridized carbons (Fsp3) is 0.850. The Balaban J connectivity index is 1.76. The number of halogens is 3. The molecule has 2 amide bonds. The zero-order valence-electron chi connectivity index (χ0n) is 18.9. The topological polar surface area (TPSA) is 71.5 Å². The lowest BCUT2D eigenvalue weighted by molar-refractivity contribution is -0.157. The predicted octanol–water partition coefficient (Wildman–Crippen LogP) is 0.705. The second-order valence-corrected chi connectivity index (χ2v) is 8.77. The van der Waals surface area contributed by atoms with Crippen molar-refractivity contribution in [3.05, 3.63) is 0 Å². The van der Waals surface area contributed by atoms with Crippen LogP contribution in [0.3, 0.4) is 0 Å². The van der Waals surface area contributed by atoms with Gasteiger partial charge in [-0.3, -0.25) is 19.5 Å². The van der Waals surface area contributed by atoms with Gasteiger partial charge in [0.25, 0.3) is 0 Å². The van der Waals surface area contributed by atoms with Crippen molar-refractivity contribution in [3.63, 3.8) is 0 Å². The van der Waals surface area contributed by atoms with Gasteiger partial charge in [0.15, 0.2) is 5.96 Å². The van der Waals surface area contributed by atoms with Crippen LogP contribution in [0.4, 0.5) is 13.2 Å². The molecular formula is C20H35F3N6O2. The first kappa shape index (κ1) is 25.2. The van der Waals surface area contributed by atoms with Gasteiger partial charge in [0.1, 0.15) is 6.54 Å². The molecule has 2 fully saturated rings. The highest BCUT2D eigenvalue weighted by atomic mass is 19.4. The van der Waals surface area contributed by atoms with Crippen LogP contribution in [0.25, 0.3) is 0 Å². The average molecular weight is 449 g/mol. The standard InChI is InChI=1S/C20H35F3N6O2/c1-15-9-16(2)12-29(11-15)18(31)13-27-5-7-28(8-6-27)19(24-3)25-10-17(30)26(4)14-20(21,22)23/h15-16H,5-14H2,1-4H3,(H,24,25). The number of piperidine rings is 1. The summed E-state index contributed by atoms with van der Waals surface area (Å²) in [6.45, 7) is 7.42. The molecule has 0 aromatic rings. The molecule has 2 heterocycles. The van der Waals surface area contributed by atoms with Gasteiger partial charge < -0.3 is 20.0 Å². The third-order valence-corrected chi connectivity index (χ3v) is 5.70. The molecule has 2 rings (SSSR count). The number of aliphatic imine (C=N–C) groups is 1. The van der Waals surface area contributed by atoms with Gasteiger partial charge in [-0.15, -0.1) is 0 Å². The number of piperazine rings is 1. The van der Waals surface area contributed by atoms with Gasteiger partial charge in [0.05, 0.1) is 13.1 Å². The number of nitrogens with zero attached hydrogens (tertiary/aromatic N) is 5. The molecule has 31 heavy (non-hydrogen) atoms. The lowest BCUT2D eigenvalue weighted by Crippen LogP contribution is -2.55. The van der Waals surface area contributed by atoms with Crippen LogP contribution in [0, 0.1) is 11.8 Å². The van der Waals surface area contributed by atoms with E-state index < -0.39 is 18.6 Å². The number of alkyl halides is 3. The molecule has 0 aliphatic carbocycles. The van der Waals surface area contributed by atoms with Crippen LogP contribution in [-0.4, -0.2) is 117 Å². The minimum Gasteiger partial charge on any atom is -0.347 e. The van der Waals surface area contributed by atoms with E-state index in [9.17, 15) is 22.8 Å². The summed E-state index contributed by atoms with van der Waals surface area (Å²) in [7, 11) is 2.70. The lowest BCUT2D eigenvalue weighted by atomic mass is 9.92. The molecule has 8 nitrogen and oxygen atoms in total. The summed E-state index contributed by atoms with van der Waals surface area (Å²) in [5, 5.41) is 2.85. The van der Waals surface area contributed by atoms with E-state index in [2.05, 4.69) is 29.1 Å². The summed E-state index contributed by atoms with van der Waals surface area (Å²) in [5.74, 6) is 1.02. The molecule has 0 spiro atoms. The quantitative estimate of drug-likeness (QED) is 0.496. The summed E-state index contributed by atoms with van der Waals surface area (Å²) in [6.07, 6.45) is -3.27. The Morgan fingerprint density at radius 1 is 1.06 bits per heavy atom. The lowest BCUT2D eigenvalue weighted by Gasteiger charge is -2.39. The molecule has 2 unspecified atom stereocenters. The molecule has 0 aromatic carbocycles. The summed E-state index contributed by atoms with van der Waals surface area (Å²) < 4.78 is 37.3. The third kappa shape index (κ3) is 8.19. The number of amides is 2. The number of hydrogen-bond acceptors (Lipinski definition) is 4. The summed E-state index contributed by atoms with van der Waals surface area (Å²) in [6, 6.07) is 0. The maximum atomic E-state index is 12.7. The van der Waals surface area contributed by atoms with E-state index in [1.165, 1.54) is 0 Å². The molecule has 2 saturated heterocycles. The van der Waals surface area contributed by atoms with Crippen LogP contribution in [0.2, 0.25) is 0 Å². The van der Waals surface area contributed by atoms with Gasteiger partial charge >= 0.3 is 6.18 Å². The number of nitrogens with one attached hydrogen (secondary N) is 1. The maximum Gasteiger partial charge on any atom is 0.406 e. The maximum absolute atomic E-state index is 12.7. The largest absolute Gasteiger partial charge is 0.406 e. The fourth-order valence-corrected chi connectivity index (χ4v) is 4.25. The first-order valence-electron chi connectivity index (χ1n) is 10.7. The average Bonchev–Trinajstić information content (AvgIpc) is 2.67. The van der Waals surface area contributed by atoms with Crippen LogP contribution in [0.1, 0.15) is 20.3 Å². The van der Waals surface area contributed by atoms with Crippen LogP contribution in [0.15, 0.2) is 4.99 Å². The van der Waals surface area contributed by atoms with E-state index in [-0.39, 0.29) is 12.5 Å². The molecule has 0 aromatic heterocycles. The molecule has 0 saturated carbocycles. The highest BCUT2D eigenvalue weighted by Gasteiger charge is 2.31. The Morgan fingerprint density at radius 2 is 1.65 bits per heavy atom. The van der Waals surface area contributed by atoms with Crippen LogP contribution >= 0.6 is 0 Å². The third-order valence-electron chi connectivity index (χ3n) is 5.70. The van der Waals surface area contributed by atoms with Gasteiger partial charge in [-0.05, 0) is 18.3 Å². The van der Waals surface area contributed by atoms with Crippen LogP contribution in [-0.2, 0) is 9.59 Å². The number of guanidine groups is 1. The van der Waals surface area contributed by atoms with E-state index in [1.807, 2.05) is 9.80 Å². The van der Waals surface area contributed by atoms with Gasteiger partial charge in [0.2, 0.25) is 11.8 Å². The van der Waals surface area contributed by atoms with Crippen molar-refractivity contribution in [1.82, 2.24) is 24.9 Å². The Bertz CT molecular complexity index is 639. The first-order valence-corrected chi connectivity index (χ1v) is 10.7. The van der Waals surface area contributed by atoms with Crippen molar-refractivity contribution in [2.24, 2.45) is 16.8 Å². The number of carbonyl (C=O) groups is 2. The molecule has 0 radical (unpaired) electrons. The van der Waals surface area contributed by atoms with Crippen molar-refractivity contribution in [2.45, 2.75) is 26.4 Å². The Morgan fingerprint density at radius 3 is 2.16 bits per heavy atom. The number of hydrogen-bond donors (Lipinski definition) is 1.